The van der Waals surface area contributed by atoms with Crippen LogP contribution >= 0.6 is 11.6 Å². The molecule has 3 aromatic rings. The van der Waals surface area contributed by atoms with Gasteiger partial charge in [0.05, 0.1) is 16.3 Å². The molecule has 0 amide bonds. The minimum Gasteiger partial charge on any atom is -0.458 e. The van der Waals surface area contributed by atoms with Gasteiger partial charge in [0.25, 0.3) is 0 Å². The third-order valence-electron chi connectivity index (χ3n) is 6.67. The number of nitrogens with zero attached hydrogens (tertiary/aromatic N) is 4. The lowest BCUT2D eigenvalue weighted by Crippen LogP contribution is -2.26. The highest BCUT2D eigenvalue weighted by Crippen LogP contribution is 2.36. The third-order valence-corrected chi connectivity index (χ3v) is 6.98. The third kappa shape index (κ3) is 8.09. The molecule has 0 spiro atoms. The molecule has 214 valence electrons. The van der Waals surface area contributed by atoms with Gasteiger partial charge in [-0.2, -0.15) is 10.4 Å². The van der Waals surface area contributed by atoms with E-state index in [0.29, 0.717) is 17.2 Å². The average molecular weight is 565 g/mol. The van der Waals surface area contributed by atoms with Crippen LogP contribution in [0.5, 0.6) is 0 Å². The number of aromatic nitrogens is 2. The van der Waals surface area contributed by atoms with Crippen molar-refractivity contribution in [2.45, 2.75) is 79.9 Å². The molecular weight excluding hydrogens is 524 g/mol. The summed E-state index contributed by atoms with van der Waals surface area (Å²) in [6.45, 7) is 16.0. The Balaban J connectivity index is 1.66. The number of anilines is 2. The van der Waals surface area contributed by atoms with E-state index in [1.807, 2.05) is 32.9 Å². The van der Waals surface area contributed by atoms with E-state index in [2.05, 4.69) is 61.5 Å². The van der Waals surface area contributed by atoms with Crippen molar-refractivity contribution in [3.05, 3.63) is 63.9 Å². The molecule has 0 aliphatic carbocycles. The van der Waals surface area contributed by atoms with Crippen LogP contribution in [0.1, 0.15) is 69.5 Å². The van der Waals surface area contributed by atoms with Crippen LogP contribution in [0.3, 0.4) is 0 Å². The molecule has 3 rings (SSSR count). The maximum absolute atomic E-state index is 11.7. The number of rotatable bonds is 12. The van der Waals surface area contributed by atoms with E-state index in [-0.39, 0.29) is 12.6 Å². The Labute approximate surface area is 243 Å². The second kappa shape index (κ2) is 13.8. The molecule has 0 bridgehead atoms. The number of esters is 1. The molecule has 0 aliphatic heterocycles. The van der Waals surface area contributed by atoms with Crippen molar-refractivity contribution in [3.63, 3.8) is 0 Å². The number of hydrogen-bond donors (Lipinski definition) is 0. The summed E-state index contributed by atoms with van der Waals surface area (Å²) >= 11 is 6.35. The van der Waals surface area contributed by atoms with Crippen LogP contribution in [0.2, 0.25) is 5.02 Å². The zero-order chi connectivity index (χ0) is 29.4. The maximum atomic E-state index is 11.7. The SMILES string of the molecule is CCN(c1ccc(C#N)c(Cl)c1)c1cc(-c2c(C)nn(CCCCCOCC(=O)OC(C)(C)C)c2C)ccc1C. The van der Waals surface area contributed by atoms with Crippen molar-refractivity contribution in [2.24, 2.45) is 0 Å². The number of nitriles is 1. The molecule has 0 atom stereocenters. The summed E-state index contributed by atoms with van der Waals surface area (Å²) in [5, 5.41) is 14.6. The molecular formula is C32H41ClN4O3. The van der Waals surface area contributed by atoms with Gasteiger partial charge in [0.15, 0.2) is 0 Å². The van der Waals surface area contributed by atoms with E-state index in [0.717, 1.165) is 71.8 Å². The monoisotopic (exact) mass is 564 g/mol. The van der Waals surface area contributed by atoms with E-state index in [1.165, 1.54) is 0 Å². The molecule has 0 saturated carbocycles. The van der Waals surface area contributed by atoms with E-state index < -0.39 is 5.60 Å². The highest BCUT2D eigenvalue weighted by atomic mass is 35.5. The molecule has 7 nitrogen and oxygen atoms in total. The van der Waals surface area contributed by atoms with Gasteiger partial charge in [-0.05, 0) is 103 Å². The first-order valence-electron chi connectivity index (χ1n) is 13.9. The Morgan fingerprint density at radius 3 is 2.50 bits per heavy atom. The largest absolute Gasteiger partial charge is 0.458 e. The van der Waals surface area contributed by atoms with Crippen LogP contribution in [0, 0.1) is 32.1 Å². The summed E-state index contributed by atoms with van der Waals surface area (Å²) in [5.41, 5.74) is 7.58. The van der Waals surface area contributed by atoms with Gasteiger partial charge in [-0.3, -0.25) is 4.68 Å². The number of ether oxygens (including phenoxy) is 2. The summed E-state index contributed by atoms with van der Waals surface area (Å²) in [4.78, 5) is 14.0. The molecule has 0 aliphatic rings. The number of hydrogen-bond acceptors (Lipinski definition) is 6. The first-order valence-corrected chi connectivity index (χ1v) is 14.2. The quantitative estimate of drug-likeness (QED) is 0.166. The molecule has 40 heavy (non-hydrogen) atoms. The van der Waals surface area contributed by atoms with Crippen LogP contribution in [-0.2, 0) is 20.8 Å². The van der Waals surface area contributed by atoms with Crippen molar-refractivity contribution in [3.8, 4) is 17.2 Å². The number of halogens is 1. The summed E-state index contributed by atoms with van der Waals surface area (Å²) in [7, 11) is 0. The molecule has 1 aromatic heterocycles. The number of unbranched alkanes of at least 4 members (excludes halogenated alkanes) is 2. The van der Waals surface area contributed by atoms with Crippen LogP contribution in [0.4, 0.5) is 11.4 Å². The molecule has 0 N–H and O–H groups in total. The average Bonchev–Trinajstić information content (AvgIpc) is 3.16. The maximum Gasteiger partial charge on any atom is 0.332 e. The Morgan fingerprint density at radius 1 is 1.10 bits per heavy atom. The predicted molar refractivity (Wildman–Crippen MR) is 161 cm³/mol. The van der Waals surface area contributed by atoms with Crippen LogP contribution in [0.25, 0.3) is 11.1 Å². The highest BCUT2D eigenvalue weighted by molar-refractivity contribution is 6.32. The summed E-state index contributed by atoms with van der Waals surface area (Å²) in [6, 6.07) is 14.2. The normalized spacial score (nSPS) is 11.4. The minimum absolute atomic E-state index is 0.00962. The molecule has 0 fully saturated rings. The van der Waals surface area contributed by atoms with Crippen molar-refractivity contribution >= 4 is 28.9 Å². The van der Waals surface area contributed by atoms with Crippen molar-refractivity contribution < 1.29 is 14.3 Å². The summed E-state index contributed by atoms with van der Waals surface area (Å²) in [6.07, 6.45) is 2.83. The van der Waals surface area contributed by atoms with Crippen LogP contribution < -0.4 is 4.90 Å². The van der Waals surface area contributed by atoms with E-state index in [4.69, 9.17) is 26.2 Å². The second-order valence-corrected chi connectivity index (χ2v) is 11.4. The lowest BCUT2D eigenvalue weighted by Gasteiger charge is -2.26. The van der Waals surface area contributed by atoms with Gasteiger partial charge in [-0.15, -0.1) is 0 Å². The lowest BCUT2D eigenvalue weighted by molar-refractivity contribution is -0.160. The van der Waals surface area contributed by atoms with Gasteiger partial charge < -0.3 is 14.4 Å². The van der Waals surface area contributed by atoms with Gasteiger partial charge in [0.2, 0.25) is 0 Å². The fourth-order valence-electron chi connectivity index (χ4n) is 4.81. The smallest absolute Gasteiger partial charge is 0.332 e. The Hall–Kier alpha value is -3.34. The minimum atomic E-state index is -0.492. The molecule has 1 heterocycles. The number of benzene rings is 2. The van der Waals surface area contributed by atoms with Crippen molar-refractivity contribution in [1.29, 1.82) is 5.26 Å². The first kappa shape index (κ1) is 31.2. The summed E-state index contributed by atoms with van der Waals surface area (Å²) < 4.78 is 12.8. The Bertz CT molecular complexity index is 1370. The molecule has 2 aromatic carbocycles. The van der Waals surface area contributed by atoms with Crippen molar-refractivity contribution in [1.82, 2.24) is 9.78 Å². The highest BCUT2D eigenvalue weighted by Gasteiger charge is 2.18. The Morgan fingerprint density at radius 2 is 1.85 bits per heavy atom. The number of carbonyl (C=O) groups is 1. The fraction of sp³-hybridized carbons (Fsp3) is 0.469. The Kier molecular flexibility index (Phi) is 10.8. The first-order chi connectivity index (χ1) is 18.9. The van der Waals surface area contributed by atoms with Crippen LogP contribution in [0.15, 0.2) is 36.4 Å². The zero-order valence-corrected chi connectivity index (χ0v) is 25.6. The van der Waals surface area contributed by atoms with E-state index >= 15 is 0 Å². The van der Waals surface area contributed by atoms with Crippen molar-refractivity contribution in [2.75, 3.05) is 24.7 Å². The second-order valence-electron chi connectivity index (χ2n) is 11.0. The van der Waals surface area contributed by atoms with Gasteiger partial charge in [-0.1, -0.05) is 23.7 Å². The molecule has 8 heteroatoms. The fourth-order valence-corrected chi connectivity index (χ4v) is 5.03. The van der Waals surface area contributed by atoms with Gasteiger partial charge in [-0.25, -0.2) is 4.79 Å². The van der Waals surface area contributed by atoms with E-state index in [9.17, 15) is 10.1 Å². The standard InChI is InChI=1S/C32H41ClN4O3/c1-8-36(27-15-14-26(20-34)28(33)19-27)29-18-25(13-12-22(29)2)31-23(3)35-37(24(31)4)16-10-9-11-17-39-21-30(38)40-32(5,6)7/h12-15,18-19H,8-11,16-17,21H2,1-7H3. The summed E-state index contributed by atoms with van der Waals surface area (Å²) in [5.74, 6) is -0.329. The van der Waals surface area contributed by atoms with Gasteiger partial charge in [0, 0.05) is 42.3 Å². The lowest BCUT2D eigenvalue weighted by atomic mass is 10.00. The number of aryl methyl sites for hydroxylation is 3. The molecule has 0 radical (unpaired) electrons. The van der Waals surface area contributed by atoms with Crippen LogP contribution in [-0.4, -0.2) is 41.1 Å². The molecule has 0 saturated heterocycles. The number of carbonyl (C=O) groups excluding carboxylic acids is 1. The topological polar surface area (TPSA) is 80.4 Å². The predicted octanol–water partition coefficient (Wildman–Crippen LogP) is 7.69. The van der Waals surface area contributed by atoms with Gasteiger partial charge in [0.1, 0.15) is 18.3 Å². The molecule has 0 unspecified atom stereocenters. The van der Waals surface area contributed by atoms with Gasteiger partial charge >= 0.3 is 5.97 Å². The zero-order valence-electron chi connectivity index (χ0n) is 24.8. The van der Waals surface area contributed by atoms with E-state index in [1.54, 1.807) is 6.07 Å².